The Labute approximate surface area is 291 Å². The van der Waals surface area contributed by atoms with Crippen LogP contribution in [0.15, 0.2) is 123 Å². The van der Waals surface area contributed by atoms with E-state index in [1.54, 1.807) is 60.0 Å². The Hall–Kier alpha value is -7.22. The van der Waals surface area contributed by atoms with Gasteiger partial charge < -0.3 is 10.8 Å². The molecule has 14 nitrogen and oxygen atoms in total. The molecule has 0 aliphatic carbocycles. The highest BCUT2D eigenvalue weighted by molar-refractivity contribution is 6.03. The first-order valence-electron chi connectivity index (χ1n) is 15.6. The number of anilines is 1. The predicted molar refractivity (Wildman–Crippen MR) is 190 cm³/mol. The van der Waals surface area contributed by atoms with E-state index >= 15 is 0 Å². The quantitative estimate of drug-likeness (QED) is 0.214. The molecule has 8 heterocycles. The summed E-state index contributed by atoms with van der Waals surface area (Å²) >= 11 is 0. The number of nitrogens with two attached hydrogens (primary N) is 1. The van der Waals surface area contributed by atoms with Crippen LogP contribution in [-0.4, -0.2) is 66.0 Å². The summed E-state index contributed by atoms with van der Waals surface area (Å²) in [5.41, 5.74) is 13.1. The molecule has 8 aromatic heterocycles. The zero-order valence-corrected chi connectivity index (χ0v) is 27.6. The first kappa shape index (κ1) is 33.7. The Kier molecular flexibility index (Phi) is 10.1. The molecule has 0 bridgehead atoms. The van der Waals surface area contributed by atoms with Crippen molar-refractivity contribution in [3.05, 3.63) is 151 Å². The average molecular weight is 678 g/mol. The minimum atomic E-state index is -1.03. The van der Waals surface area contributed by atoms with Crippen molar-refractivity contribution < 1.29 is 14.7 Å². The van der Waals surface area contributed by atoms with Crippen molar-refractivity contribution >= 4 is 28.9 Å². The van der Waals surface area contributed by atoms with Crippen molar-refractivity contribution in [3.8, 4) is 22.3 Å². The number of nitrogen functional groups attached to an aromatic ring is 1. The lowest BCUT2D eigenvalue weighted by atomic mass is 10.0. The van der Waals surface area contributed by atoms with Crippen LogP contribution in [-0.2, 0) is 6.42 Å². The molecule has 0 aliphatic heterocycles. The lowest BCUT2D eigenvalue weighted by Crippen LogP contribution is -2.08. The van der Waals surface area contributed by atoms with E-state index in [-0.39, 0.29) is 17.8 Å². The molecule has 8 rings (SSSR count). The number of ketones is 1. The number of hydrogen-bond acceptors (Lipinski definition) is 11. The van der Waals surface area contributed by atoms with E-state index < -0.39 is 5.97 Å². The molecular formula is C37H31N11O3. The fourth-order valence-electron chi connectivity index (χ4n) is 5.18. The van der Waals surface area contributed by atoms with Gasteiger partial charge in [0.25, 0.3) is 0 Å². The maximum Gasteiger partial charge on any atom is 0.339 e. The van der Waals surface area contributed by atoms with Gasteiger partial charge in [-0.3, -0.25) is 19.7 Å². The average Bonchev–Trinajstić information content (AvgIpc) is 3.83. The number of Topliss-reactive ketones (excluding diaryl/α,β-unsaturated/α-hetero) is 1. The number of aromatic nitrogens is 10. The topological polar surface area (TPSA) is 192 Å². The van der Waals surface area contributed by atoms with E-state index in [2.05, 4.69) is 40.1 Å². The van der Waals surface area contributed by atoms with Crippen LogP contribution in [0.5, 0.6) is 0 Å². The van der Waals surface area contributed by atoms with Crippen molar-refractivity contribution in [3.63, 3.8) is 0 Å². The van der Waals surface area contributed by atoms with E-state index in [4.69, 9.17) is 5.73 Å². The normalized spacial score (nSPS) is 10.5. The van der Waals surface area contributed by atoms with Crippen LogP contribution in [0.2, 0.25) is 0 Å². The zero-order chi connectivity index (χ0) is 35.7. The predicted octanol–water partition coefficient (Wildman–Crippen LogP) is 5.38. The monoisotopic (exact) mass is 677 g/mol. The minimum absolute atomic E-state index is 0.0416. The van der Waals surface area contributed by atoms with Crippen LogP contribution in [0.4, 0.5) is 5.82 Å². The van der Waals surface area contributed by atoms with Crippen molar-refractivity contribution in [1.29, 1.82) is 0 Å². The van der Waals surface area contributed by atoms with Gasteiger partial charge >= 0.3 is 5.97 Å². The number of rotatable bonds is 6. The summed E-state index contributed by atoms with van der Waals surface area (Å²) in [7, 11) is 0. The molecule has 0 atom stereocenters. The third-order valence-corrected chi connectivity index (χ3v) is 7.74. The van der Waals surface area contributed by atoms with Crippen LogP contribution < -0.4 is 5.73 Å². The van der Waals surface area contributed by atoms with Gasteiger partial charge in [0.05, 0.1) is 12.0 Å². The lowest BCUT2D eigenvalue weighted by molar-refractivity contribution is 0.0698. The number of aromatic carboxylic acids is 1. The number of pyridine rings is 6. The van der Waals surface area contributed by atoms with Gasteiger partial charge in [0.2, 0.25) is 0 Å². The lowest BCUT2D eigenvalue weighted by Gasteiger charge is -2.09. The second-order valence-electron chi connectivity index (χ2n) is 11.2. The number of nitrogens with zero attached hydrogens (tertiary/aromatic N) is 10. The van der Waals surface area contributed by atoms with Gasteiger partial charge in [0, 0.05) is 77.5 Å². The van der Waals surface area contributed by atoms with E-state index in [1.165, 1.54) is 17.2 Å². The summed E-state index contributed by atoms with van der Waals surface area (Å²) in [6.07, 6.45) is 16.9. The molecule has 0 unspecified atom stereocenters. The second kappa shape index (κ2) is 15.3. The zero-order valence-electron chi connectivity index (χ0n) is 27.6. The van der Waals surface area contributed by atoms with Crippen molar-refractivity contribution in [2.45, 2.75) is 20.3 Å². The Morgan fingerprint density at radius 2 is 1.24 bits per heavy atom. The van der Waals surface area contributed by atoms with Crippen LogP contribution >= 0.6 is 0 Å². The number of carboxylic acid groups (broad SMARTS) is 1. The van der Waals surface area contributed by atoms with E-state index in [1.807, 2.05) is 68.6 Å². The first-order chi connectivity index (χ1) is 24.8. The molecular weight excluding hydrogens is 646 g/mol. The highest BCUT2D eigenvalue weighted by atomic mass is 16.4. The summed E-state index contributed by atoms with van der Waals surface area (Å²) in [5, 5.41) is 17.4. The van der Waals surface area contributed by atoms with Gasteiger partial charge in [-0.2, -0.15) is 10.2 Å². The first-order valence-corrected chi connectivity index (χ1v) is 15.6. The minimum Gasteiger partial charge on any atom is -0.478 e. The standard InChI is InChI=1S/C19H15N5O.C13H10N4O2.C5H6N2/c1-13-5-7-20-10-17(13)14-8-16(19-22-12-23-24(19)11-14)18(25)9-15-4-2-3-6-21-15;1-8-2-3-14-5-11(8)9-4-10(13(18)19)12-15-7-16-17(12)6-9;6-5-3-1-2-4-7-5/h2-8,10-12H,9H2,1H3;2-7H,1H3,(H,18,19);1-4H,(H2,6,7). The molecule has 0 radical (unpaired) electrons. The molecule has 51 heavy (non-hydrogen) atoms. The smallest absolute Gasteiger partial charge is 0.339 e. The van der Waals surface area contributed by atoms with E-state index in [0.29, 0.717) is 22.7 Å². The highest BCUT2D eigenvalue weighted by Crippen LogP contribution is 2.26. The Morgan fingerprint density at radius 3 is 1.71 bits per heavy atom. The molecule has 0 spiro atoms. The van der Waals surface area contributed by atoms with Crippen LogP contribution in [0.1, 0.15) is 37.5 Å². The van der Waals surface area contributed by atoms with E-state index in [9.17, 15) is 14.7 Å². The van der Waals surface area contributed by atoms with Crippen LogP contribution in [0, 0.1) is 13.8 Å². The molecule has 0 amide bonds. The number of carboxylic acids is 1. The SMILES string of the molecule is Cc1ccncc1-c1cc(C(=O)Cc2ccccn2)c2ncnn2c1.Cc1ccncc1-c1cc(C(=O)O)c2ncnn2c1.Nc1ccccn1. The maximum atomic E-state index is 12.9. The van der Waals surface area contributed by atoms with Crippen LogP contribution in [0.25, 0.3) is 33.5 Å². The molecule has 14 heteroatoms. The summed E-state index contributed by atoms with van der Waals surface area (Å²) in [6, 6.07) is 18.2. The number of fused-ring (bicyclic) bond motifs is 2. The molecule has 252 valence electrons. The second-order valence-corrected chi connectivity index (χ2v) is 11.2. The molecule has 3 N–H and O–H groups in total. The molecule has 0 fully saturated rings. The van der Waals surface area contributed by atoms with Crippen molar-refractivity contribution in [2.24, 2.45) is 0 Å². The fraction of sp³-hybridized carbons (Fsp3) is 0.0811. The van der Waals surface area contributed by atoms with Gasteiger partial charge in [-0.1, -0.05) is 12.1 Å². The molecule has 0 saturated carbocycles. The molecule has 0 aliphatic rings. The van der Waals surface area contributed by atoms with Gasteiger partial charge in [0.15, 0.2) is 17.1 Å². The summed E-state index contributed by atoms with van der Waals surface area (Å²) in [6.45, 7) is 3.96. The number of hydrogen-bond donors (Lipinski definition) is 2. The molecule has 0 aromatic carbocycles. The van der Waals surface area contributed by atoms with Crippen molar-refractivity contribution in [2.75, 3.05) is 5.73 Å². The highest BCUT2D eigenvalue weighted by Gasteiger charge is 2.17. The largest absolute Gasteiger partial charge is 0.478 e. The summed E-state index contributed by atoms with van der Waals surface area (Å²) in [5.74, 6) is -0.496. The maximum absolute atomic E-state index is 12.9. The summed E-state index contributed by atoms with van der Waals surface area (Å²) < 4.78 is 3.10. The van der Waals surface area contributed by atoms with Gasteiger partial charge in [0.1, 0.15) is 24.0 Å². The van der Waals surface area contributed by atoms with Crippen molar-refractivity contribution in [1.82, 2.24) is 49.1 Å². The third-order valence-electron chi connectivity index (χ3n) is 7.74. The van der Waals surface area contributed by atoms with Gasteiger partial charge in [-0.15, -0.1) is 0 Å². The van der Waals surface area contributed by atoms with E-state index in [0.717, 1.165) is 39.1 Å². The summed E-state index contributed by atoms with van der Waals surface area (Å²) in [4.78, 5) is 48.6. The van der Waals surface area contributed by atoms with Gasteiger partial charge in [-0.05, 0) is 73.5 Å². The molecule has 8 aromatic rings. The van der Waals surface area contributed by atoms with Gasteiger partial charge in [-0.25, -0.2) is 28.8 Å². The number of aryl methyl sites for hydroxylation is 2. The Bertz CT molecular complexity index is 2450. The fourth-order valence-corrected chi connectivity index (χ4v) is 5.18. The Morgan fingerprint density at radius 1 is 0.686 bits per heavy atom. The van der Waals surface area contributed by atoms with Crippen LogP contribution in [0.3, 0.4) is 0 Å². The Balaban J connectivity index is 0.000000151. The number of carbonyl (C=O) groups is 2. The number of carbonyl (C=O) groups excluding carboxylic acids is 1. The molecule has 0 saturated heterocycles. The third kappa shape index (κ3) is 7.92.